The van der Waals surface area contributed by atoms with Crippen molar-refractivity contribution in [2.75, 3.05) is 5.32 Å². The Hall–Kier alpha value is -3.32. The quantitative estimate of drug-likeness (QED) is 0.676. The molecule has 7 heteroatoms. The van der Waals surface area contributed by atoms with Gasteiger partial charge in [-0.3, -0.25) is 4.79 Å². The minimum Gasteiger partial charge on any atom is -0.480 e. The van der Waals surface area contributed by atoms with Crippen LogP contribution in [0.4, 0.5) is 5.69 Å². The highest BCUT2D eigenvalue weighted by Crippen LogP contribution is 2.12. The number of rotatable bonds is 6. The minimum absolute atomic E-state index is 0.0549. The van der Waals surface area contributed by atoms with E-state index in [4.69, 9.17) is 15.6 Å². The molecule has 3 N–H and O–H groups in total. The van der Waals surface area contributed by atoms with Crippen LogP contribution in [0.1, 0.15) is 12.5 Å². The number of nitriles is 2. The van der Waals surface area contributed by atoms with E-state index in [0.717, 1.165) is 5.56 Å². The lowest BCUT2D eigenvalue weighted by atomic mass is 10.1. The number of benzene rings is 1. The van der Waals surface area contributed by atoms with E-state index in [1.165, 1.54) is 13.1 Å². The van der Waals surface area contributed by atoms with Crippen molar-refractivity contribution in [2.45, 2.75) is 19.4 Å². The molecule has 1 amide bonds. The van der Waals surface area contributed by atoms with E-state index in [1.807, 2.05) is 0 Å². The first-order chi connectivity index (χ1) is 10.5. The summed E-state index contributed by atoms with van der Waals surface area (Å²) in [7, 11) is 0. The van der Waals surface area contributed by atoms with Crippen LogP contribution in [0.25, 0.3) is 0 Å². The van der Waals surface area contributed by atoms with Crippen LogP contribution in [0.15, 0.2) is 36.0 Å². The van der Waals surface area contributed by atoms with E-state index in [1.54, 1.807) is 36.4 Å². The highest BCUT2D eigenvalue weighted by atomic mass is 16.4. The maximum atomic E-state index is 11.1. The monoisotopic (exact) mass is 298 g/mol. The number of nitrogens with one attached hydrogen (secondary N) is 2. The maximum absolute atomic E-state index is 11.1. The van der Waals surface area contributed by atoms with E-state index >= 15 is 0 Å². The summed E-state index contributed by atoms with van der Waals surface area (Å²) in [6.45, 7) is 1.26. The summed E-state index contributed by atoms with van der Waals surface area (Å²) >= 11 is 0. The zero-order chi connectivity index (χ0) is 16.5. The summed E-state index contributed by atoms with van der Waals surface area (Å²) in [5.74, 6) is -1.51. The standard InChI is InChI=1S/C15H14N4O3/c1-10(20)19-14(15(21)22)6-11-2-4-13(5-3-11)18-9-12(7-16)8-17/h2-5,9,14,18H,6H2,1H3,(H,19,20)(H,21,22). The zero-order valence-electron chi connectivity index (χ0n) is 11.8. The fraction of sp³-hybridized carbons (Fsp3) is 0.200. The molecular formula is C15H14N4O3. The van der Waals surface area contributed by atoms with Crippen LogP contribution in [0.2, 0.25) is 0 Å². The highest BCUT2D eigenvalue weighted by molar-refractivity contribution is 5.82. The topological polar surface area (TPSA) is 126 Å². The summed E-state index contributed by atoms with van der Waals surface area (Å²) in [6, 6.07) is 9.23. The van der Waals surface area contributed by atoms with Crippen molar-refractivity contribution in [1.82, 2.24) is 5.32 Å². The molecule has 0 fully saturated rings. The van der Waals surface area contributed by atoms with E-state index in [2.05, 4.69) is 10.6 Å². The summed E-state index contributed by atoms with van der Waals surface area (Å²) in [6.07, 6.45) is 1.44. The van der Waals surface area contributed by atoms with Crippen LogP contribution in [0.5, 0.6) is 0 Å². The molecule has 0 aromatic heterocycles. The van der Waals surface area contributed by atoms with Crippen LogP contribution in [0, 0.1) is 22.7 Å². The number of hydrogen-bond donors (Lipinski definition) is 3. The Kier molecular flexibility index (Phi) is 6.14. The summed E-state index contributed by atoms with van der Waals surface area (Å²) in [5, 5.41) is 31.4. The number of hydrogen-bond acceptors (Lipinski definition) is 5. The van der Waals surface area contributed by atoms with Gasteiger partial charge < -0.3 is 15.7 Å². The van der Waals surface area contributed by atoms with Crippen LogP contribution in [-0.4, -0.2) is 23.0 Å². The van der Waals surface area contributed by atoms with Crippen molar-refractivity contribution in [3.05, 3.63) is 41.6 Å². The molecule has 0 saturated heterocycles. The van der Waals surface area contributed by atoms with E-state index < -0.39 is 17.9 Å². The fourth-order valence-electron chi connectivity index (χ4n) is 1.66. The van der Waals surface area contributed by atoms with Gasteiger partial charge in [-0.15, -0.1) is 0 Å². The average molecular weight is 298 g/mol. The van der Waals surface area contributed by atoms with Crippen LogP contribution >= 0.6 is 0 Å². The van der Waals surface area contributed by atoms with Crippen LogP contribution in [-0.2, 0) is 16.0 Å². The van der Waals surface area contributed by atoms with Crippen molar-refractivity contribution >= 4 is 17.6 Å². The Morgan fingerprint density at radius 3 is 2.32 bits per heavy atom. The Morgan fingerprint density at radius 1 is 1.27 bits per heavy atom. The normalized spacial score (nSPS) is 10.5. The van der Waals surface area contributed by atoms with Crippen LogP contribution in [0.3, 0.4) is 0 Å². The molecule has 22 heavy (non-hydrogen) atoms. The molecule has 0 aliphatic heterocycles. The number of carbonyl (C=O) groups excluding carboxylic acids is 1. The number of amides is 1. The molecule has 1 aromatic rings. The Morgan fingerprint density at radius 2 is 1.86 bits per heavy atom. The first kappa shape index (κ1) is 16.7. The third kappa shape index (κ3) is 5.35. The Labute approximate surface area is 127 Å². The first-order valence-corrected chi connectivity index (χ1v) is 6.32. The number of allylic oxidation sites excluding steroid dienone is 1. The molecule has 1 aromatic carbocycles. The van der Waals surface area contributed by atoms with Gasteiger partial charge in [0.05, 0.1) is 0 Å². The number of aliphatic carboxylic acids is 1. The van der Waals surface area contributed by atoms with Gasteiger partial charge in [-0.2, -0.15) is 10.5 Å². The maximum Gasteiger partial charge on any atom is 0.326 e. The molecule has 0 saturated carbocycles. The molecule has 7 nitrogen and oxygen atoms in total. The molecule has 0 radical (unpaired) electrons. The highest BCUT2D eigenvalue weighted by Gasteiger charge is 2.18. The molecule has 0 spiro atoms. The van der Waals surface area contributed by atoms with E-state index in [-0.39, 0.29) is 12.0 Å². The van der Waals surface area contributed by atoms with Gasteiger partial charge in [-0.05, 0) is 17.7 Å². The van der Waals surface area contributed by atoms with Crippen LogP contribution < -0.4 is 10.6 Å². The first-order valence-electron chi connectivity index (χ1n) is 6.32. The van der Waals surface area contributed by atoms with Crippen molar-refractivity contribution < 1.29 is 14.7 Å². The molecule has 1 rings (SSSR count). The van der Waals surface area contributed by atoms with Gasteiger partial charge in [-0.25, -0.2) is 4.79 Å². The largest absolute Gasteiger partial charge is 0.480 e. The summed E-state index contributed by atoms with van der Waals surface area (Å²) in [5.41, 5.74) is 1.33. The number of anilines is 1. The van der Waals surface area contributed by atoms with Gasteiger partial charge in [0.2, 0.25) is 5.91 Å². The lowest BCUT2D eigenvalue weighted by Gasteiger charge is -2.13. The minimum atomic E-state index is -1.10. The van der Waals surface area contributed by atoms with Crippen molar-refractivity contribution in [3.8, 4) is 12.1 Å². The number of carbonyl (C=O) groups is 2. The van der Waals surface area contributed by atoms with Crippen molar-refractivity contribution in [1.29, 1.82) is 10.5 Å². The smallest absolute Gasteiger partial charge is 0.326 e. The second kappa shape index (κ2) is 8.08. The second-order valence-electron chi connectivity index (χ2n) is 4.42. The molecule has 0 aliphatic rings. The molecule has 0 aliphatic carbocycles. The van der Waals surface area contributed by atoms with Gasteiger partial charge in [0.15, 0.2) is 0 Å². The predicted octanol–water partition coefficient (Wildman–Crippen LogP) is 1.16. The number of nitrogens with zero attached hydrogens (tertiary/aromatic N) is 2. The molecule has 0 bridgehead atoms. The van der Waals surface area contributed by atoms with Gasteiger partial charge in [-0.1, -0.05) is 12.1 Å². The van der Waals surface area contributed by atoms with E-state index in [9.17, 15) is 9.59 Å². The van der Waals surface area contributed by atoms with Gasteiger partial charge in [0, 0.05) is 25.2 Å². The molecule has 1 atom stereocenters. The Balaban J connectivity index is 2.74. The predicted molar refractivity (Wildman–Crippen MR) is 78.3 cm³/mol. The summed E-state index contributed by atoms with van der Waals surface area (Å²) < 4.78 is 0. The fourth-order valence-corrected chi connectivity index (χ4v) is 1.66. The van der Waals surface area contributed by atoms with Gasteiger partial charge in [0.1, 0.15) is 23.8 Å². The Bertz CT molecular complexity index is 650. The SMILES string of the molecule is CC(=O)NC(Cc1ccc(NC=C(C#N)C#N)cc1)C(=O)O. The lowest BCUT2D eigenvalue weighted by molar-refractivity contribution is -0.141. The second-order valence-corrected chi connectivity index (χ2v) is 4.42. The van der Waals surface area contributed by atoms with Crippen molar-refractivity contribution in [3.63, 3.8) is 0 Å². The molecule has 1 unspecified atom stereocenters. The number of carboxylic acid groups (broad SMARTS) is 1. The molecular weight excluding hydrogens is 284 g/mol. The average Bonchev–Trinajstić information content (AvgIpc) is 2.48. The summed E-state index contributed by atoms with van der Waals surface area (Å²) in [4.78, 5) is 22.0. The van der Waals surface area contributed by atoms with E-state index in [0.29, 0.717) is 5.69 Å². The number of carboxylic acids is 1. The molecule has 0 heterocycles. The third-order valence-electron chi connectivity index (χ3n) is 2.69. The third-order valence-corrected chi connectivity index (χ3v) is 2.69. The van der Waals surface area contributed by atoms with Crippen molar-refractivity contribution in [2.24, 2.45) is 0 Å². The van der Waals surface area contributed by atoms with Gasteiger partial charge in [0.25, 0.3) is 0 Å². The zero-order valence-corrected chi connectivity index (χ0v) is 11.8. The van der Waals surface area contributed by atoms with Gasteiger partial charge >= 0.3 is 5.97 Å². The molecule has 112 valence electrons. The lowest BCUT2D eigenvalue weighted by Crippen LogP contribution is -2.41.